The number of carboxylic acids is 1. The number of nitrogens with one attached hydrogen (secondary N) is 1. The van der Waals surface area contributed by atoms with E-state index in [0.29, 0.717) is 18.0 Å². The smallest absolute Gasteiger partial charge is 0.352 e. The lowest BCUT2D eigenvalue weighted by Crippen LogP contribution is -2.49. The lowest BCUT2D eigenvalue weighted by molar-refractivity contribution is 0.0507. The zero-order chi connectivity index (χ0) is 24.1. The number of carboxylic acid groups (broad SMARTS) is 1. The molecule has 3 heterocycles. The number of aromatic amines is 1. The van der Waals surface area contributed by atoms with Crippen molar-refractivity contribution in [3.05, 3.63) is 30.0 Å². The Morgan fingerprint density at radius 1 is 1.15 bits per heavy atom. The summed E-state index contributed by atoms with van der Waals surface area (Å²) in [5.74, 6) is 0.496. The minimum absolute atomic E-state index is 0.0635. The van der Waals surface area contributed by atoms with Crippen LogP contribution in [0.2, 0.25) is 0 Å². The first kappa shape index (κ1) is 25.0. The number of rotatable bonds is 7. The Morgan fingerprint density at radius 2 is 1.85 bits per heavy atom. The molecule has 3 fully saturated rings. The first-order valence-corrected chi connectivity index (χ1v) is 12.8. The number of aromatic nitrogens is 1. The molecule has 1 aromatic carbocycles. The molecule has 188 valence electrons. The third-order valence-corrected chi connectivity index (χ3v) is 7.30. The van der Waals surface area contributed by atoms with E-state index < -0.39 is 5.97 Å². The van der Waals surface area contributed by atoms with Crippen molar-refractivity contribution in [2.75, 3.05) is 39.3 Å². The van der Waals surface area contributed by atoms with E-state index in [1.807, 2.05) is 18.2 Å². The summed E-state index contributed by atoms with van der Waals surface area (Å²) in [6, 6.07) is 8.26. The summed E-state index contributed by atoms with van der Waals surface area (Å²) in [6.45, 7) is 8.61. The number of ether oxygens (including phenoxy) is 1. The van der Waals surface area contributed by atoms with Crippen LogP contribution in [0.5, 0.6) is 5.75 Å². The van der Waals surface area contributed by atoms with Gasteiger partial charge < -0.3 is 30.6 Å². The van der Waals surface area contributed by atoms with Crippen LogP contribution in [0.15, 0.2) is 24.3 Å². The number of hydrogen-bond donors (Lipinski definition) is 4. The average Bonchev–Trinajstić information content (AvgIpc) is 3.55. The van der Waals surface area contributed by atoms with Gasteiger partial charge >= 0.3 is 5.97 Å². The Morgan fingerprint density at radius 3 is 2.50 bits per heavy atom. The van der Waals surface area contributed by atoms with Crippen molar-refractivity contribution in [1.82, 2.24) is 14.8 Å². The molecule has 2 aromatic rings. The van der Waals surface area contributed by atoms with Crippen LogP contribution >= 0.6 is 0 Å². The van der Waals surface area contributed by atoms with Crippen LogP contribution in [0, 0.1) is 5.92 Å². The predicted octanol–water partition coefficient (Wildman–Crippen LogP) is 2.91. The number of likely N-dealkylation sites (tertiary alicyclic amines) is 2. The van der Waals surface area contributed by atoms with Crippen LogP contribution in [-0.2, 0) is 0 Å². The van der Waals surface area contributed by atoms with Gasteiger partial charge in [0.15, 0.2) is 0 Å². The lowest BCUT2D eigenvalue weighted by Gasteiger charge is -2.38. The summed E-state index contributed by atoms with van der Waals surface area (Å²) in [5, 5.41) is 19.3. The number of carbonyl (C=O) groups is 1. The Bertz CT molecular complexity index is 928. The highest BCUT2D eigenvalue weighted by Gasteiger charge is 2.24. The molecule has 3 aliphatic rings. The summed E-state index contributed by atoms with van der Waals surface area (Å²) < 4.78 is 5.72. The second kappa shape index (κ2) is 11.5. The average molecular weight is 473 g/mol. The Kier molecular flexibility index (Phi) is 8.47. The molecule has 1 atom stereocenters. The molecule has 5 rings (SSSR count). The zero-order valence-electron chi connectivity index (χ0n) is 20.3. The molecular weight excluding hydrogens is 432 g/mol. The Hall–Kier alpha value is -2.13. The first-order chi connectivity index (χ1) is 16.4. The highest BCUT2D eigenvalue weighted by Crippen LogP contribution is 2.32. The topological polar surface area (TPSA) is 115 Å². The number of aromatic carboxylic acids is 1. The fraction of sp³-hybridized carbons (Fsp3) is 0.654. The number of hydrogen-bond acceptors (Lipinski definition) is 6. The molecule has 2 saturated heterocycles. The number of nitrogens with two attached hydrogens (primary N) is 1. The van der Waals surface area contributed by atoms with Gasteiger partial charge in [0.05, 0.1) is 12.7 Å². The minimum Gasteiger partial charge on any atom is -0.493 e. The first-order valence-electron chi connectivity index (χ1n) is 12.8. The van der Waals surface area contributed by atoms with Gasteiger partial charge in [0.1, 0.15) is 11.4 Å². The summed E-state index contributed by atoms with van der Waals surface area (Å²) in [5.41, 5.74) is 6.92. The number of benzene rings is 1. The summed E-state index contributed by atoms with van der Waals surface area (Å²) >= 11 is 0. The van der Waals surface area contributed by atoms with E-state index in [-0.39, 0.29) is 11.8 Å². The van der Waals surface area contributed by atoms with Crippen molar-refractivity contribution in [2.24, 2.45) is 11.7 Å². The van der Waals surface area contributed by atoms with Crippen LogP contribution < -0.4 is 10.5 Å². The van der Waals surface area contributed by atoms with Crippen molar-refractivity contribution in [1.29, 1.82) is 0 Å². The number of aliphatic hydroxyl groups is 1. The van der Waals surface area contributed by atoms with Gasteiger partial charge in [-0.1, -0.05) is 6.07 Å². The molecule has 0 bridgehead atoms. The molecule has 1 aromatic heterocycles. The molecule has 0 radical (unpaired) electrons. The van der Waals surface area contributed by atoms with Gasteiger partial charge in [-0.3, -0.25) is 4.90 Å². The molecule has 5 N–H and O–H groups in total. The van der Waals surface area contributed by atoms with Crippen molar-refractivity contribution in [3.8, 4) is 5.75 Å². The van der Waals surface area contributed by atoms with Gasteiger partial charge in [0.25, 0.3) is 0 Å². The van der Waals surface area contributed by atoms with E-state index in [1.165, 1.54) is 12.8 Å². The van der Waals surface area contributed by atoms with Crippen molar-refractivity contribution < 1.29 is 19.7 Å². The molecule has 8 nitrogen and oxygen atoms in total. The fourth-order valence-corrected chi connectivity index (χ4v) is 4.81. The maximum Gasteiger partial charge on any atom is 0.352 e. The molecular formula is C26H40N4O4. The van der Waals surface area contributed by atoms with Crippen LogP contribution in [0.1, 0.15) is 55.9 Å². The molecule has 2 aliphatic heterocycles. The molecule has 1 saturated carbocycles. The molecule has 0 spiro atoms. The number of nitrogens with zero attached hydrogens (tertiary/aromatic N) is 2. The Balaban J connectivity index is 0.000000161. The third kappa shape index (κ3) is 6.95. The maximum absolute atomic E-state index is 10.9. The van der Waals surface area contributed by atoms with E-state index >= 15 is 0 Å². The highest BCUT2D eigenvalue weighted by molar-refractivity contribution is 5.96. The monoisotopic (exact) mass is 472 g/mol. The summed E-state index contributed by atoms with van der Waals surface area (Å²) in [6.07, 6.45) is 6.58. The van der Waals surface area contributed by atoms with Gasteiger partial charge in [0.2, 0.25) is 0 Å². The zero-order valence-corrected chi connectivity index (χ0v) is 20.3. The standard InChI is InChI=1S/C13H27N3O.C13H13NO3/c1-11(16-8-4-13(17)5-9-16)10-15-6-2-12(14)3-7-15;15-13(16)11-6-9-10(14-11)2-1-3-12(9)17-7-8-4-5-8/h11-13,17H,2-10,14H2,1H3;1-3,6,8,14H,4-5,7H2,(H,15,16)/t11-;/m0./s1. The van der Waals surface area contributed by atoms with Gasteiger partial charge in [-0.15, -0.1) is 0 Å². The SMILES string of the molecule is C[C@@H](CN1CCC(N)CC1)N1CCC(O)CC1.O=C(O)c1cc2c(OCC3CC3)cccc2[nH]1. The van der Waals surface area contributed by atoms with E-state index in [1.54, 1.807) is 6.07 Å². The quantitative estimate of drug-likeness (QED) is 0.490. The predicted molar refractivity (Wildman–Crippen MR) is 133 cm³/mol. The second-order valence-corrected chi connectivity index (χ2v) is 10.2. The summed E-state index contributed by atoms with van der Waals surface area (Å²) in [4.78, 5) is 18.8. The summed E-state index contributed by atoms with van der Waals surface area (Å²) in [7, 11) is 0. The second-order valence-electron chi connectivity index (χ2n) is 10.2. The molecule has 0 unspecified atom stereocenters. The van der Waals surface area contributed by atoms with Crippen molar-refractivity contribution in [2.45, 2.75) is 63.6 Å². The molecule has 1 aliphatic carbocycles. The van der Waals surface area contributed by atoms with E-state index in [9.17, 15) is 9.90 Å². The number of piperidine rings is 2. The fourth-order valence-electron chi connectivity index (χ4n) is 4.81. The van der Waals surface area contributed by atoms with Gasteiger partial charge in [-0.05, 0) is 82.7 Å². The molecule has 0 amide bonds. The largest absolute Gasteiger partial charge is 0.493 e. The number of fused-ring (bicyclic) bond motifs is 1. The van der Waals surface area contributed by atoms with Crippen LogP contribution in [0.25, 0.3) is 10.9 Å². The third-order valence-electron chi connectivity index (χ3n) is 7.30. The molecule has 8 heteroatoms. The van der Waals surface area contributed by atoms with E-state index in [2.05, 4.69) is 21.7 Å². The van der Waals surface area contributed by atoms with Crippen LogP contribution in [0.3, 0.4) is 0 Å². The lowest BCUT2D eigenvalue weighted by atomic mass is 10.0. The maximum atomic E-state index is 10.9. The van der Waals surface area contributed by atoms with Crippen LogP contribution in [0.4, 0.5) is 0 Å². The number of aliphatic hydroxyl groups excluding tert-OH is 1. The van der Waals surface area contributed by atoms with Crippen LogP contribution in [-0.4, -0.2) is 88.5 Å². The van der Waals surface area contributed by atoms with E-state index in [4.69, 9.17) is 15.6 Å². The van der Waals surface area contributed by atoms with Gasteiger partial charge in [-0.2, -0.15) is 0 Å². The van der Waals surface area contributed by atoms with Gasteiger partial charge in [0, 0.05) is 42.6 Å². The van der Waals surface area contributed by atoms with Crippen molar-refractivity contribution >= 4 is 16.9 Å². The highest BCUT2D eigenvalue weighted by atomic mass is 16.5. The number of H-pyrrole nitrogens is 1. The van der Waals surface area contributed by atoms with Crippen molar-refractivity contribution in [3.63, 3.8) is 0 Å². The minimum atomic E-state index is -0.950. The Labute approximate surface area is 202 Å². The van der Waals surface area contributed by atoms with E-state index in [0.717, 1.165) is 81.7 Å². The van der Waals surface area contributed by atoms with Gasteiger partial charge in [-0.25, -0.2) is 4.79 Å². The molecule has 34 heavy (non-hydrogen) atoms. The normalized spacial score (nSPS) is 21.7.